The van der Waals surface area contributed by atoms with E-state index in [0.717, 1.165) is 11.1 Å². The summed E-state index contributed by atoms with van der Waals surface area (Å²) in [4.78, 5) is 6.43. The average Bonchev–Trinajstić information content (AvgIpc) is 2.75. The van der Waals surface area contributed by atoms with E-state index in [1.807, 2.05) is 42.2 Å². The van der Waals surface area contributed by atoms with Crippen molar-refractivity contribution in [2.24, 2.45) is 0 Å². The number of hydrogen-bond donors (Lipinski definition) is 1. The van der Waals surface area contributed by atoms with E-state index in [1.165, 1.54) is 0 Å². The summed E-state index contributed by atoms with van der Waals surface area (Å²) in [5, 5.41) is 12.6. The Hall–Kier alpha value is -2.05. The number of benzene rings is 2. The molecule has 32 heavy (non-hydrogen) atoms. The number of likely N-dealkylation sites (tertiary alicyclic amines) is 1. The van der Waals surface area contributed by atoms with Crippen LogP contribution in [0.1, 0.15) is 41.7 Å². The highest BCUT2D eigenvalue weighted by Crippen LogP contribution is 2.41. The molecule has 3 nitrogen and oxygen atoms in total. The van der Waals surface area contributed by atoms with Crippen molar-refractivity contribution < 1.29 is 13.9 Å². The van der Waals surface area contributed by atoms with Crippen molar-refractivity contribution in [3.8, 4) is 11.3 Å². The topological polar surface area (TPSA) is 36.4 Å². The summed E-state index contributed by atoms with van der Waals surface area (Å²) in [5.41, 5.74) is 3.79. The molecule has 2 aromatic carbocycles. The summed E-state index contributed by atoms with van der Waals surface area (Å²) in [6.45, 7) is 2.38. The van der Waals surface area contributed by atoms with Gasteiger partial charge < -0.3 is 5.11 Å². The molecule has 0 aliphatic carbocycles. The maximum Gasteiger partial charge on any atom is 0.250 e. The van der Waals surface area contributed by atoms with Crippen LogP contribution >= 0.6 is 23.2 Å². The summed E-state index contributed by atoms with van der Waals surface area (Å²) in [6, 6.07) is 16.0. The third-order valence-electron chi connectivity index (χ3n) is 5.93. The maximum atomic E-state index is 13.9. The minimum absolute atomic E-state index is 0.196. The van der Waals surface area contributed by atoms with Gasteiger partial charge in [0.25, 0.3) is 5.92 Å². The molecule has 2 heterocycles. The van der Waals surface area contributed by atoms with E-state index in [0.29, 0.717) is 26.9 Å². The molecular weight excluding hydrogens is 453 g/mol. The quantitative estimate of drug-likeness (QED) is 0.436. The molecule has 1 aliphatic rings. The Morgan fingerprint density at radius 1 is 1.00 bits per heavy atom. The fourth-order valence-electron chi connectivity index (χ4n) is 4.24. The van der Waals surface area contributed by atoms with Crippen molar-refractivity contribution in [2.75, 3.05) is 13.1 Å². The summed E-state index contributed by atoms with van der Waals surface area (Å²) >= 11 is 12.4. The van der Waals surface area contributed by atoms with Gasteiger partial charge in [0.2, 0.25) is 0 Å². The van der Waals surface area contributed by atoms with Gasteiger partial charge in [-0.05, 0) is 36.8 Å². The van der Waals surface area contributed by atoms with Crippen molar-refractivity contribution in [2.45, 2.75) is 37.8 Å². The number of aliphatic hydroxyl groups is 1. The normalized spacial score (nSPS) is 18.3. The van der Waals surface area contributed by atoms with Gasteiger partial charge in [-0.2, -0.15) is 0 Å². The van der Waals surface area contributed by atoms with Crippen LogP contribution in [0.2, 0.25) is 10.0 Å². The maximum absolute atomic E-state index is 13.9. The van der Waals surface area contributed by atoms with Gasteiger partial charge >= 0.3 is 0 Å². The highest BCUT2D eigenvalue weighted by atomic mass is 35.5. The van der Waals surface area contributed by atoms with E-state index >= 15 is 0 Å². The Morgan fingerprint density at radius 3 is 2.25 bits per heavy atom. The first-order valence-corrected chi connectivity index (χ1v) is 11.3. The number of piperidine rings is 1. The highest BCUT2D eigenvalue weighted by Gasteiger charge is 2.39. The molecule has 2 atom stereocenters. The van der Waals surface area contributed by atoms with Crippen LogP contribution in [-0.2, 0) is 0 Å². The van der Waals surface area contributed by atoms with Gasteiger partial charge in [0.05, 0.1) is 11.7 Å². The van der Waals surface area contributed by atoms with Crippen LogP contribution in [0.15, 0.2) is 60.8 Å². The number of pyridine rings is 1. The third-order valence-corrected chi connectivity index (χ3v) is 6.37. The van der Waals surface area contributed by atoms with E-state index in [1.54, 1.807) is 30.5 Å². The first-order chi connectivity index (χ1) is 15.2. The van der Waals surface area contributed by atoms with E-state index < -0.39 is 18.1 Å². The predicted molar refractivity (Wildman–Crippen MR) is 124 cm³/mol. The molecule has 1 fully saturated rings. The standard InChI is InChI=1S/C25H24Cl2F2N2O/c1-16-4-6-17(7-5-16)23(31-11-8-25(28,29)9-12-31)24(32)21-3-2-10-30-22(21)18-13-19(26)15-20(27)14-18/h2-7,10,13-15,23-24,32H,8-9,11-12H2,1H3/t23-,24+/m0/s1. The average molecular weight is 477 g/mol. The number of hydrogen-bond acceptors (Lipinski definition) is 3. The van der Waals surface area contributed by atoms with Crippen LogP contribution in [0, 0.1) is 6.92 Å². The lowest BCUT2D eigenvalue weighted by Gasteiger charge is -2.40. The molecule has 3 aromatic rings. The predicted octanol–water partition coefficient (Wildman–Crippen LogP) is 6.87. The number of aliphatic hydroxyl groups excluding tert-OH is 1. The molecule has 0 spiro atoms. The second-order valence-electron chi connectivity index (χ2n) is 8.29. The Bertz CT molecular complexity index is 1060. The fourth-order valence-corrected chi connectivity index (χ4v) is 4.77. The van der Waals surface area contributed by atoms with Crippen LogP contribution in [-0.4, -0.2) is 34.0 Å². The first kappa shape index (κ1) is 23.1. The summed E-state index contributed by atoms with van der Waals surface area (Å²) in [7, 11) is 0. The van der Waals surface area contributed by atoms with Gasteiger partial charge in [-0.25, -0.2) is 8.78 Å². The van der Waals surface area contributed by atoms with Crippen molar-refractivity contribution in [1.82, 2.24) is 9.88 Å². The zero-order valence-electron chi connectivity index (χ0n) is 17.6. The molecule has 0 radical (unpaired) electrons. The Morgan fingerprint density at radius 2 is 1.62 bits per heavy atom. The van der Waals surface area contributed by atoms with E-state index in [-0.39, 0.29) is 25.9 Å². The van der Waals surface area contributed by atoms with Crippen molar-refractivity contribution in [3.05, 3.63) is 87.5 Å². The van der Waals surface area contributed by atoms with E-state index in [2.05, 4.69) is 4.98 Å². The van der Waals surface area contributed by atoms with Crippen LogP contribution in [0.3, 0.4) is 0 Å². The molecule has 4 rings (SSSR count). The molecule has 7 heteroatoms. The molecular formula is C25H24Cl2F2N2O. The number of aromatic nitrogens is 1. The molecule has 0 saturated carbocycles. The van der Waals surface area contributed by atoms with Crippen molar-refractivity contribution in [1.29, 1.82) is 0 Å². The monoisotopic (exact) mass is 476 g/mol. The lowest BCUT2D eigenvalue weighted by molar-refractivity contribution is -0.0766. The van der Waals surface area contributed by atoms with Gasteiger partial charge in [-0.3, -0.25) is 9.88 Å². The summed E-state index contributed by atoms with van der Waals surface area (Å²) in [5.74, 6) is -2.67. The minimum Gasteiger partial charge on any atom is -0.386 e. The molecule has 0 amide bonds. The number of rotatable bonds is 5. The van der Waals surface area contributed by atoms with Crippen LogP contribution in [0.4, 0.5) is 8.78 Å². The fraction of sp³-hybridized carbons (Fsp3) is 0.320. The third kappa shape index (κ3) is 5.12. The van der Waals surface area contributed by atoms with Gasteiger partial charge in [0, 0.05) is 53.3 Å². The lowest BCUT2D eigenvalue weighted by atomic mass is 9.90. The smallest absolute Gasteiger partial charge is 0.250 e. The number of nitrogens with zero attached hydrogens (tertiary/aromatic N) is 2. The van der Waals surface area contributed by atoms with Crippen LogP contribution in [0.5, 0.6) is 0 Å². The molecule has 1 aliphatic heterocycles. The molecule has 0 bridgehead atoms. The Kier molecular flexibility index (Phi) is 6.82. The SMILES string of the molecule is Cc1ccc([C@@H]([C@H](O)c2cccnc2-c2cc(Cl)cc(Cl)c2)N2CCC(F)(F)CC2)cc1. The number of halogens is 4. The lowest BCUT2D eigenvalue weighted by Crippen LogP contribution is -2.43. The van der Waals surface area contributed by atoms with E-state index in [4.69, 9.17) is 23.2 Å². The molecule has 1 N–H and O–H groups in total. The van der Waals surface area contributed by atoms with Gasteiger partial charge in [0.15, 0.2) is 0 Å². The van der Waals surface area contributed by atoms with E-state index in [9.17, 15) is 13.9 Å². The molecule has 0 unspecified atom stereocenters. The zero-order chi connectivity index (χ0) is 22.9. The molecule has 1 aromatic heterocycles. The molecule has 168 valence electrons. The van der Waals surface area contributed by atoms with Crippen molar-refractivity contribution in [3.63, 3.8) is 0 Å². The Balaban J connectivity index is 1.76. The van der Waals surface area contributed by atoms with Crippen LogP contribution in [0.25, 0.3) is 11.3 Å². The summed E-state index contributed by atoms with van der Waals surface area (Å²) < 4.78 is 27.7. The highest BCUT2D eigenvalue weighted by molar-refractivity contribution is 6.35. The number of aryl methyl sites for hydroxylation is 1. The zero-order valence-corrected chi connectivity index (χ0v) is 19.1. The van der Waals surface area contributed by atoms with Gasteiger partial charge in [-0.15, -0.1) is 0 Å². The van der Waals surface area contributed by atoms with Gasteiger partial charge in [-0.1, -0.05) is 59.1 Å². The Labute approximate surface area is 196 Å². The summed E-state index contributed by atoms with van der Waals surface area (Å²) in [6.07, 6.45) is 0.186. The largest absolute Gasteiger partial charge is 0.386 e. The number of alkyl halides is 2. The second-order valence-corrected chi connectivity index (χ2v) is 9.16. The first-order valence-electron chi connectivity index (χ1n) is 10.5. The van der Waals surface area contributed by atoms with Crippen LogP contribution < -0.4 is 0 Å². The minimum atomic E-state index is -2.67. The van der Waals surface area contributed by atoms with Gasteiger partial charge in [0.1, 0.15) is 6.10 Å². The van der Waals surface area contributed by atoms with Crippen molar-refractivity contribution >= 4 is 23.2 Å². The second kappa shape index (κ2) is 9.44. The molecule has 1 saturated heterocycles.